The molecular weight excluding hydrogens is 326 g/mol. The van der Waals surface area contributed by atoms with Crippen molar-refractivity contribution in [1.82, 2.24) is 4.72 Å². The third-order valence-corrected chi connectivity index (χ3v) is 5.70. The monoisotopic (exact) mass is 345 g/mol. The van der Waals surface area contributed by atoms with E-state index in [0.29, 0.717) is 17.4 Å². The van der Waals surface area contributed by atoms with Crippen molar-refractivity contribution in [2.24, 2.45) is 11.8 Å². The number of hydrogen-bond acceptors (Lipinski definition) is 2. The van der Waals surface area contributed by atoms with Crippen molar-refractivity contribution >= 4 is 26.0 Å². The van der Waals surface area contributed by atoms with Gasteiger partial charge in [-0.2, -0.15) is 0 Å². The van der Waals surface area contributed by atoms with E-state index in [4.69, 9.17) is 0 Å². The van der Waals surface area contributed by atoms with Gasteiger partial charge in [-0.3, -0.25) is 0 Å². The minimum atomic E-state index is -3.36. The Balaban J connectivity index is 1.96. The highest BCUT2D eigenvalue weighted by Crippen LogP contribution is 2.28. The third kappa shape index (κ3) is 4.29. The highest BCUT2D eigenvalue weighted by molar-refractivity contribution is 9.10. The van der Waals surface area contributed by atoms with E-state index in [1.807, 2.05) is 0 Å². The van der Waals surface area contributed by atoms with Crippen LogP contribution >= 0.6 is 15.9 Å². The standard InChI is InChI=1S/C14H20BrNO2S/c1-11-3-2-4-12(9-11)10-16-19(17,18)14-7-5-13(15)6-8-14/h5-8,11-12,16H,2-4,9-10H2,1H3. The fourth-order valence-corrected chi connectivity index (χ4v) is 4.05. The summed E-state index contributed by atoms with van der Waals surface area (Å²) >= 11 is 3.31. The largest absolute Gasteiger partial charge is 0.240 e. The van der Waals surface area contributed by atoms with Gasteiger partial charge in [-0.1, -0.05) is 35.7 Å². The molecule has 2 unspecified atom stereocenters. The number of hydrogen-bond donors (Lipinski definition) is 1. The summed E-state index contributed by atoms with van der Waals surface area (Å²) in [6.07, 6.45) is 4.75. The molecule has 0 heterocycles. The van der Waals surface area contributed by atoms with Gasteiger partial charge in [0.15, 0.2) is 0 Å². The normalized spacial score (nSPS) is 24.3. The second kappa shape index (κ2) is 6.37. The van der Waals surface area contributed by atoms with Gasteiger partial charge < -0.3 is 0 Å². The number of rotatable bonds is 4. The Morgan fingerprint density at radius 3 is 2.58 bits per heavy atom. The Hall–Kier alpha value is -0.390. The Morgan fingerprint density at radius 1 is 1.26 bits per heavy atom. The molecule has 1 saturated carbocycles. The Morgan fingerprint density at radius 2 is 1.95 bits per heavy atom. The van der Waals surface area contributed by atoms with Crippen molar-refractivity contribution in [3.05, 3.63) is 28.7 Å². The van der Waals surface area contributed by atoms with Crippen molar-refractivity contribution in [3.8, 4) is 0 Å². The maximum atomic E-state index is 12.1. The van der Waals surface area contributed by atoms with Gasteiger partial charge in [-0.15, -0.1) is 0 Å². The first kappa shape index (κ1) is 15.0. The highest BCUT2D eigenvalue weighted by atomic mass is 79.9. The maximum absolute atomic E-state index is 12.1. The summed E-state index contributed by atoms with van der Waals surface area (Å²) in [6, 6.07) is 6.74. The molecule has 0 amide bonds. The predicted molar refractivity (Wildman–Crippen MR) is 80.5 cm³/mol. The fourth-order valence-electron chi connectivity index (χ4n) is 2.67. The smallest absolute Gasteiger partial charge is 0.211 e. The minimum absolute atomic E-state index is 0.333. The molecule has 1 aromatic rings. The molecule has 0 saturated heterocycles. The summed E-state index contributed by atoms with van der Waals surface area (Å²) in [5.41, 5.74) is 0. The van der Waals surface area contributed by atoms with Crippen LogP contribution in [-0.2, 0) is 10.0 Å². The summed E-state index contributed by atoms with van der Waals surface area (Å²) in [4.78, 5) is 0.333. The first-order valence-corrected chi connectivity index (χ1v) is 9.00. The van der Waals surface area contributed by atoms with E-state index in [-0.39, 0.29) is 0 Å². The van der Waals surface area contributed by atoms with Crippen LogP contribution in [0.1, 0.15) is 32.6 Å². The van der Waals surface area contributed by atoms with Gasteiger partial charge in [0.05, 0.1) is 4.90 Å². The molecule has 19 heavy (non-hydrogen) atoms. The second-order valence-electron chi connectivity index (χ2n) is 5.44. The summed E-state index contributed by atoms with van der Waals surface area (Å²) in [5.74, 6) is 1.20. The Kier molecular flexibility index (Phi) is 5.03. The lowest BCUT2D eigenvalue weighted by molar-refractivity contribution is 0.283. The van der Waals surface area contributed by atoms with Crippen LogP contribution < -0.4 is 4.72 Å². The molecule has 1 aromatic carbocycles. The molecule has 5 heteroatoms. The van der Waals surface area contributed by atoms with Gasteiger partial charge in [0.25, 0.3) is 0 Å². The van der Waals surface area contributed by atoms with Crippen LogP contribution in [-0.4, -0.2) is 15.0 Å². The van der Waals surface area contributed by atoms with Crippen LogP contribution in [0.2, 0.25) is 0 Å². The predicted octanol–water partition coefficient (Wildman–Crippen LogP) is 3.55. The summed E-state index contributed by atoms with van der Waals surface area (Å²) < 4.78 is 27.9. The first-order valence-electron chi connectivity index (χ1n) is 6.72. The van der Waals surface area contributed by atoms with E-state index >= 15 is 0 Å². The zero-order valence-electron chi connectivity index (χ0n) is 11.1. The van der Waals surface area contributed by atoms with E-state index in [9.17, 15) is 8.42 Å². The number of halogens is 1. The van der Waals surface area contributed by atoms with Crippen LogP contribution in [0.15, 0.2) is 33.6 Å². The van der Waals surface area contributed by atoms with Gasteiger partial charge >= 0.3 is 0 Å². The van der Waals surface area contributed by atoms with Gasteiger partial charge in [-0.05, 0) is 48.9 Å². The average Bonchev–Trinajstić information content (AvgIpc) is 2.37. The van der Waals surface area contributed by atoms with Crippen LogP contribution in [0.5, 0.6) is 0 Å². The lowest BCUT2D eigenvalue weighted by atomic mass is 9.83. The van der Waals surface area contributed by atoms with Gasteiger partial charge in [-0.25, -0.2) is 13.1 Å². The highest BCUT2D eigenvalue weighted by Gasteiger charge is 2.21. The number of nitrogens with one attached hydrogen (secondary N) is 1. The van der Waals surface area contributed by atoms with Crippen molar-refractivity contribution in [2.75, 3.05) is 6.54 Å². The van der Waals surface area contributed by atoms with E-state index in [1.54, 1.807) is 24.3 Å². The molecule has 1 aliphatic carbocycles. The molecule has 0 aliphatic heterocycles. The van der Waals surface area contributed by atoms with E-state index in [1.165, 1.54) is 12.8 Å². The van der Waals surface area contributed by atoms with Crippen LogP contribution in [0, 0.1) is 11.8 Å². The van der Waals surface area contributed by atoms with Crippen LogP contribution in [0.3, 0.4) is 0 Å². The molecule has 0 aromatic heterocycles. The molecule has 1 aliphatic rings. The SMILES string of the molecule is CC1CCCC(CNS(=O)(=O)c2ccc(Br)cc2)C1. The van der Waals surface area contributed by atoms with Gasteiger partial charge in [0, 0.05) is 11.0 Å². The first-order chi connectivity index (χ1) is 8.97. The van der Waals surface area contributed by atoms with Crippen molar-refractivity contribution in [1.29, 1.82) is 0 Å². The van der Waals surface area contributed by atoms with Crippen molar-refractivity contribution in [3.63, 3.8) is 0 Å². The Bertz CT molecular complexity index is 513. The topological polar surface area (TPSA) is 46.2 Å². The van der Waals surface area contributed by atoms with Crippen LogP contribution in [0.4, 0.5) is 0 Å². The van der Waals surface area contributed by atoms with Crippen LogP contribution in [0.25, 0.3) is 0 Å². The maximum Gasteiger partial charge on any atom is 0.240 e. The van der Waals surface area contributed by atoms with Gasteiger partial charge in [0.2, 0.25) is 10.0 Å². The molecule has 0 radical (unpaired) electrons. The number of benzene rings is 1. The lowest BCUT2D eigenvalue weighted by Crippen LogP contribution is -2.31. The average molecular weight is 346 g/mol. The molecule has 0 spiro atoms. The summed E-state index contributed by atoms with van der Waals surface area (Å²) in [7, 11) is -3.36. The van der Waals surface area contributed by atoms with Crippen molar-refractivity contribution in [2.45, 2.75) is 37.5 Å². The summed E-state index contributed by atoms with van der Waals surface area (Å²) in [5, 5.41) is 0. The van der Waals surface area contributed by atoms with E-state index in [2.05, 4.69) is 27.6 Å². The quantitative estimate of drug-likeness (QED) is 0.906. The Labute approximate surface area is 124 Å². The summed E-state index contributed by atoms with van der Waals surface area (Å²) in [6.45, 7) is 2.80. The zero-order valence-corrected chi connectivity index (χ0v) is 13.5. The third-order valence-electron chi connectivity index (χ3n) is 3.73. The lowest BCUT2D eigenvalue weighted by Gasteiger charge is -2.26. The minimum Gasteiger partial charge on any atom is -0.211 e. The molecular formula is C14H20BrNO2S. The molecule has 1 N–H and O–H groups in total. The second-order valence-corrected chi connectivity index (χ2v) is 8.13. The van der Waals surface area contributed by atoms with Gasteiger partial charge in [0.1, 0.15) is 0 Å². The van der Waals surface area contributed by atoms with E-state index < -0.39 is 10.0 Å². The molecule has 1 fully saturated rings. The molecule has 2 rings (SSSR count). The number of sulfonamides is 1. The molecule has 0 bridgehead atoms. The molecule has 2 atom stereocenters. The molecule has 3 nitrogen and oxygen atoms in total. The fraction of sp³-hybridized carbons (Fsp3) is 0.571. The zero-order chi connectivity index (χ0) is 13.9. The van der Waals surface area contributed by atoms with Crippen molar-refractivity contribution < 1.29 is 8.42 Å². The molecule has 106 valence electrons. The van der Waals surface area contributed by atoms with E-state index in [0.717, 1.165) is 23.2 Å².